The van der Waals surface area contributed by atoms with Crippen LogP contribution in [0.25, 0.3) is 0 Å². The Labute approximate surface area is 397 Å². The standard InChI is InChI=1S/C49H64BF2N5O11/c1-45(2,3)64-41(59)36-31(51)20-19-28(39(36)62-13)21-35(50-67-34-23-29-22-33(48(29,10)11)49(34,12)68-50)54-40(58)38(37-32(52)24-30(25-53-37)63-26-27-17-15-14-16-18-27)55-42(56-43(60)65-46(4,5)6)57-44(61)66-47(7,8)9/h14-20,24-25,29,33-35,38H,21-23,26H2,1-13H3,(H,54,58)(H2,55,56,57,60,61)/t29-,33-,34+,35-,38?,49-/m0/s1. The number of nitrogens with one attached hydrogen (secondary N) is 3. The Morgan fingerprint density at radius 3 is 2.04 bits per heavy atom. The topological polar surface area (TPSA) is 194 Å². The average Bonchev–Trinajstić information content (AvgIpc) is 3.58. The molecule has 3 aliphatic carbocycles. The lowest BCUT2D eigenvalue weighted by atomic mass is 9.43. The summed E-state index contributed by atoms with van der Waals surface area (Å²) in [7, 11) is 0.121. The second-order valence-corrected chi connectivity index (χ2v) is 21.2. The number of alkyl carbamates (subject to hydrolysis) is 2. The van der Waals surface area contributed by atoms with Gasteiger partial charge in [-0.3, -0.25) is 20.4 Å². The zero-order chi connectivity index (χ0) is 50.1. The molecule has 1 aliphatic heterocycles. The second kappa shape index (κ2) is 19.7. The van der Waals surface area contributed by atoms with Crippen LogP contribution >= 0.6 is 0 Å². The van der Waals surface area contributed by atoms with Gasteiger partial charge in [0.15, 0.2) is 11.9 Å². The number of hydrogen-bond donors (Lipinski definition) is 3. The molecule has 1 aromatic heterocycles. The molecule has 7 rings (SSSR count). The van der Waals surface area contributed by atoms with Gasteiger partial charge in [0.05, 0.1) is 31.0 Å². The molecule has 19 heteroatoms. The zero-order valence-corrected chi connectivity index (χ0v) is 41.1. The number of ether oxygens (including phenoxy) is 5. The maximum atomic E-state index is 16.6. The molecule has 3 amide bonds. The largest absolute Gasteiger partial charge is 0.495 e. The molecule has 3 N–H and O–H groups in total. The quantitative estimate of drug-likeness (QED) is 0.0517. The number of hydrogen-bond acceptors (Lipinski definition) is 13. The van der Waals surface area contributed by atoms with E-state index in [9.17, 15) is 14.4 Å². The minimum atomic E-state index is -1.96. The fraction of sp³-hybridized carbons (Fsp3) is 0.551. The van der Waals surface area contributed by atoms with Gasteiger partial charge in [0.2, 0.25) is 5.96 Å². The van der Waals surface area contributed by atoms with Crippen molar-refractivity contribution >= 4 is 37.1 Å². The van der Waals surface area contributed by atoms with Crippen LogP contribution < -0.4 is 25.4 Å². The highest BCUT2D eigenvalue weighted by atomic mass is 19.1. The second-order valence-electron chi connectivity index (χ2n) is 21.2. The van der Waals surface area contributed by atoms with E-state index < -0.39 is 94.4 Å². The molecule has 6 atom stereocenters. The number of amides is 3. The Balaban J connectivity index is 1.44. The summed E-state index contributed by atoms with van der Waals surface area (Å²) in [6.45, 7) is 21.1. The van der Waals surface area contributed by atoms with Crippen LogP contribution in [0.1, 0.15) is 129 Å². The molecule has 4 fully saturated rings. The Morgan fingerprint density at radius 2 is 1.49 bits per heavy atom. The molecule has 68 heavy (non-hydrogen) atoms. The molecular formula is C49H64BF2N5O11. The van der Waals surface area contributed by atoms with Crippen molar-refractivity contribution in [3.63, 3.8) is 0 Å². The number of guanidine groups is 1. The Morgan fingerprint density at radius 1 is 0.868 bits per heavy atom. The van der Waals surface area contributed by atoms with Crippen LogP contribution in [0.4, 0.5) is 18.4 Å². The van der Waals surface area contributed by atoms with Crippen molar-refractivity contribution in [1.29, 1.82) is 0 Å². The van der Waals surface area contributed by atoms with Gasteiger partial charge in [-0.25, -0.2) is 28.2 Å². The van der Waals surface area contributed by atoms with E-state index in [1.54, 1.807) is 62.3 Å². The summed E-state index contributed by atoms with van der Waals surface area (Å²) < 4.78 is 73.6. The predicted molar refractivity (Wildman–Crippen MR) is 248 cm³/mol. The van der Waals surface area contributed by atoms with Gasteiger partial charge in [0.1, 0.15) is 52.0 Å². The summed E-state index contributed by atoms with van der Waals surface area (Å²) in [4.78, 5) is 63.7. The van der Waals surface area contributed by atoms with Gasteiger partial charge in [-0.05, 0) is 123 Å². The van der Waals surface area contributed by atoms with E-state index in [4.69, 9.17) is 33.0 Å². The number of halogens is 2. The first-order valence-electron chi connectivity index (χ1n) is 22.7. The third-order valence-corrected chi connectivity index (χ3v) is 12.2. The molecule has 0 radical (unpaired) electrons. The molecule has 1 unspecified atom stereocenters. The number of pyridine rings is 1. The molecule has 2 bridgehead atoms. The summed E-state index contributed by atoms with van der Waals surface area (Å²) in [6.07, 6.45) is 0.122. The Kier molecular flexibility index (Phi) is 14.9. The number of aliphatic imine (C=N–C) groups is 1. The molecule has 16 nitrogen and oxygen atoms in total. The van der Waals surface area contributed by atoms with Crippen molar-refractivity contribution in [1.82, 2.24) is 20.9 Å². The maximum Gasteiger partial charge on any atom is 0.482 e. The van der Waals surface area contributed by atoms with Crippen molar-refractivity contribution < 1.29 is 61.0 Å². The van der Waals surface area contributed by atoms with Crippen LogP contribution in [0, 0.1) is 28.9 Å². The van der Waals surface area contributed by atoms with Crippen molar-refractivity contribution in [2.75, 3.05) is 7.11 Å². The Bertz CT molecular complexity index is 2370. The minimum Gasteiger partial charge on any atom is -0.495 e. The summed E-state index contributed by atoms with van der Waals surface area (Å²) in [5.74, 6) is -5.35. The van der Waals surface area contributed by atoms with Crippen LogP contribution in [0.5, 0.6) is 11.5 Å². The van der Waals surface area contributed by atoms with E-state index in [0.29, 0.717) is 12.3 Å². The van der Waals surface area contributed by atoms with Gasteiger partial charge in [-0.2, -0.15) is 0 Å². The highest BCUT2D eigenvalue weighted by Gasteiger charge is 2.68. The van der Waals surface area contributed by atoms with E-state index in [1.165, 1.54) is 19.4 Å². The lowest BCUT2D eigenvalue weighted by Gasteiger charge is -2.64. The van der Waals surface area contributed by atoms with Gasteiger partial charge >= 0.3 is 25.3 Å². The summed E-state index contributed by atoms with van der Waals surface area (Å²) >= 11 is 0. The summed E-state index contributed by atoms with van der Waals surface area (Å²) in [6, 6.07) is 10.7. The van der Waals surface area contributed by atoms with E-state index in [1.807, 2.05) is 37.3 Å². The van der Waals surface area contributed by atoms with Crippen LogP contribution in [0.3, 0.4) is 0 Å². The van der Waals surface area contributed by atoms with Crippen LogP contribution in [0.2, 0.25) is 0 Å². The predicted octanol–water partition coefficient (Wildman–Crippen LogP) is 8.34. The summed E-state index contributed by atoms with van der Waals surface area (Å²) in [5.41, 5.74) is -3.76. The van der Waals surface area contributed by atoms with E-state index in [0.717, 1.165) is 24.1 Å². The van der Waals surface area contributed by atoms with Crippen LogP contribution in [-0.2, 0) is 41.3 Å². The number of rotatable bonds is 12. The fourth-order valence-corrected chi connectivity index (χ4v) is 9.02. The lowest BCUT2D eigenvalue weighted by Crippen LogP contribution is -2.65. The number of nitrogens with zero attached hydrogens (tertiary/aromatic N) is 2. The van der Waals surface area contributed by atoms with E-state index >= 15 is 13.6 Å². The first-order chi connectivity index (χ1) is 31.6. The van der Waals surface area contributed by atoms with Crippen LogP contribution in [-0.4, -0.2) is 83.7 Å². The molecule has 3 aromatic rings. The molecule has 0 spiro atoms. The molecule has 3 saturated carbocycles. The molecule has 4 aliphatic rings. The monoisotopic (exact) mass is 947 g/mol. The number of carbonyl (C=O) groups is 4. The van der Waals surface area contributed by atoms with Gasteiger partial charge in [0, 0.05) is 6.07 Å². The normalized spacial score (nSPS) is 21.5. The van der Waals surface area contributed by atoms with Crippen LogP contribution in [0.15, 0.2) is 59.7 Å². The number of carbonyl (C=O) groups excluding carboxylic acids is 4. The molecular weight excluding hydrogens is 883 g/mol. The first kappa shape index (κ1) is 51.6. The third kappa shape index (κ3) is 12.3. The van der Waals surface area contributed by atoms with Gasteiger partial charge in [-0.1, -0.05) is 50.2 Å². The lowest BCUT2D eigenvalue weighted by molar-refractivity contribution is -0.199. The zero-order valence-electron chi connectivity index (χ0n) is 41.1. The van der Waals surface area contributed by atoms with Crippen molar-refractivity contribution in [3.8, 4) is 11.5 Å². The Hall–Kier alpha value is -5.82. The number of methoxy groups -OCH3 is 1. The van der Waals surface area contributed by atoms with E-state index in [2.05, 4.69) is 39.8 Å². The SMILES string of the molecule is COc1c(C[C@H](NC(=O)C(N=C(NC(=O)OC(C)(C)C)NC(=O)OC(C)(C)C)c2ncc(OCc3ccccc3)cc2F)B2O[C@@H]3C[C@@H]4C[C@@H](C4(C)C)[C@]3(C)O2)ccc(F)c1C(=O)OC(C)(C)C. The molecule has 368 valence electrons. The van der Waals surface area contributed by atoms with E-state index in [-0.39, 0.29) is 47.5 Å². The van der Waals surface area contributed by atoms with Gasteiger partial charge in [0.25, 0.3) is 5.91 Å². The third-order valence-electron chi connectivity index (χ3n) is 12.2. The van der Waals surface area contributed by atoms with Crippen molar-refractivity contribution in [2.24, 2.45) is 22.2 Å². The highest BCUT2D eigenvalue weighted by Crippen LogP contribution is 2.65. The minimum absolute atomic E-state index is 0.0317. The number of benzene rings is 2. The van der Waals surface area contributed by atoms with Crippen molar-refractivity contribution in [3.05, 3.63) is 88.7 Å². The van der Waals surface area contributed by atoms with Crippen molar-refractivity contribution in [2.45, 2.75) is 149 Å². The fourth-order valence-electron chi connectivity index (χ4n) is 9.02. The highest BCUT2D eigenvalue weighted by molar-refractivity contribution is 6.48. The molecule has 2 aromatic carbocycles. The van der Waals surface area contributed by atoms with Gasteiger partial charge < -0.3 is 38.3 Å². The van der Waals surface area contributed by atoms with Gasteiger partial charge in [-0.15, -0.1) is 0 Å². The first-order valence-corrected chi connectivity index (χ1v) is 22.7. The number of aromatic nitrogens is 1. The smallest absolute Gasteiger partial charge is 0.482 e. The average molecular weight is 948 g/mol. The molecule has 2 heterocycles. The maximum absolute atomic E-state index is 16.6. The number of esters is 1. The summed E-state index contributed by atoms with van der Waals surface area (Å²) in [5, 5.41) is 7.62. The molecule has 1 saturated heterocycles.